The Morgan fingerprint density at radius 1 is 1.57 bits per heavy atom. The van der Waals surface area contributed by atoms with Gasteiger partial charge in [-0.15, -0.1) is 0 Å². The predicted molar refractivity (Wildman–Crippen MR) is 47.5 cm³/mol. The molecule has 1 saturated carbocycles. The average Bonchev–Trinajstić information content (AvgIpc) is 2.21. The van der Waals surface area contributed by atoms with Crippen molar-refractivity contribution in [1.29, 1.82) is 0 Å². The molecule has 14 heavy (non-hydrogen) atoms. The summed E-state index contributed by atoms with van der Waals surface area (Å²) in [4.78, 5) is 22.4. The molecule has 1 aliphatic carbocycles. The van der Waals surface area contributed by atoms with Crippen LogP contribution >= 0.6 is 0 Å². The van der Waals surface area contributed by atoms with Gasteiger partial charge in [-0.05, 0) is 19.3 Å². The van der Waals surface area contributed by atoms with E-state index in [0.29, 0.717) is 12.8 Å². The number of carboxylic acids is 1. The summed E-state index contributed by atoms with van der Waals surface area (Å²) in [7, 11) is 0. The van der Waals surface area contributed by atoms with Crippen LogP contribution in [0, 0.1) is 17.8 Å². The van der Waals surface area contributed by atoms with Crippen LogP contribution in [0.5, 0.6) is 0 Å². The smallest absolute Gasteiger partial charge is 0.310 e. The number of aliphatic carboxylic acids is 1. The molecule has 78 valence electrons. The zero-order valence-corrected chi connectivity index (χ0v) is 8.32. The molecule has 0 unspecified atom stereocenters. The molecule has 0 amide bonds. The summed E-state index contributed by atoms with van der Waals surface area (Å²) in [6.07, 6.45) is 1.22. The van der Waals surface area contributed by atoms with Gasteiger partial charge in [-0.1, -0.05) is 6.92 Å². The lowest BCUT2D eigenvalue weighted by atomic mass is 9.69. The molecular weight excluding hydrogens is 184 g/mol. The Morgan fingerprint density at radius 3 is 2.79 bits per heavy atom. The van der Waals surface area contributed by atoms with Crippen molar-refractivity contribution in [2.75, 3.05) is 0 Å². The van der Waals surface area contributed by atoms with Gasteiger partial charge in [0.2, 0.25) is 0 Å². The fourth-order valence-corrected chi connectivity index (χ4v) is 2.93. The van der Waals surface area contributed by atoms with Crippen LogP contribution < -0.4 is 0 Å². The molecule has 1 N–H and O–H groups in total. The summed E-state index contributed by atoms with van der Waals surface area (Å²) < 4.78 is 5.22. The van der Waals surface area contributed by atoms with Gasteiger partial charge in [0, 0.05) is 6.42 Å². The average molecular weight is 198 g/mol. The molecule has 0 aromatic carbocycles. The molecule has 0 radical (unpaired) electrons. The van der Waals surface area contributed by atoms with E-state index in [1.807, 2.05) is 13.8 Å². The van der Waals surface area contributed by atoms with Gasteiger partial charge in [0.25, 0.3) is 0 Å². The van der Waals surface area contributed by atoms with E-state index >= 15 is 0 Å². The highest BCUT2D eigenvalue weighted by Gasteiger charge is 2.55. The summed E-state index contributed by atoms with van der Waals surface area (Å²) in [6, 6.07) is 0. The summed E-state index contributed by atoms with van der Waals surface area (Å²) >= 11 is 0. The number of rotatable bonds is 1. The Balaban J connectivity index is 2.31. The van der Waals surface area contributed by atoms with Crippen LogP contribution in [-0.4, -0.2) is 22.6 Å². The lowest BCUT2D eigenvalue weighted by Gasteiger charge is -2.33. The van der Waals surface area contributed by atoms with E-state index in [-0.39, 0.29) is 11.9 Å². The van der Waals surface area contributed by atoms with Gasteiger partial charge in [-0.3, -0.25) is 9.59 Å². The monoisotopic (exact) mass is 198 g/mol. The Labute approximate surface area is 82.2 Å². The van der Waals surface area contributed by atoms with Crippen molar-refractivity contribution in [3.05, 3.63) is 0 Å². The van der Waals surface area contributed by atoms with Crippen molar-refractivity contribution < 1.29 is 19.4 Å². The predicted octanol–water partition coefficient (Wildman–Crippen LogP) is 1.05. The van der Waals surface area contributed by atoms with Gasteiger partial charge in [0.15, 0.2) is 0 Å². The Kier molecular flexibility index (Phi) is 1.84. The maximum atomic E-state index is 11.4. The van der Waals surface area contributed by atoms with Crippen molar-refractivity contribution in [1.82, 2.24) is 0 Å². The first-order valence-electron chi connectivity index (χ1n) is 4.89. The molecule has 1 saturated heterocycles. The SMILES string of the molecule is C[C@@H]1C[C@]2(C)C[C@@H](C(=O)O2)[C@H]1C(=O)O. The zero-order chi connectivity index (χ0) is 10.5. The summed E-state index contributed by atoms with van der Waals surface area (Å²) in [5.41, 5.74) is -0.410. The normalized spacial score (nSPS) is 46.1. The van der Waals surface area contributed by atoms with Crippen molar-refractivity contribution in [3.63, 3.8) is 0 Å². The first-order chi connectivity index (χ1) is 6.43. The van der Waals surface area contributed by atoms with Crippen LogP contribution in [0.4, 0.5) is 0 Å². The van der Waals surface area contributed by atoms with Crippen molar-refractivity contribution in [2.24, 2.45) is 17.8 Å². The Bertz CT molecular complexity index is 298. The first-order valence-corrected chi connectivity index (χ1v) is 4.89. The lowest BCUT2D eigenvalue weighted by molar-refractivity contribution is -0.152. The van der Waals surface area contributed by atoms with Gasteiger partial charge in [-0.25, -0.2) is 0 Å². The second-order valence-electron chi connectivity index (χ2n) is 4.73. The maximum Gasteiger partial charge on any atom is 0.310 e. The minimum Gasteiger partial charge on any atom is -0.481 e. The molecule has 0 aromatic heterocycles. The highest BCUT2D eigenvalue weighted by molar-refractivity contribution is 5.83. The molecule has 0 spiro atoms. The summed E-state index contributed by atoms with van der Waals surface area (Å²) in [6.45, 7) is 3.77. The molecule has 4 atom stereocenters. The number of hydrogen-bond donors (Lipinski definition) is 1. The molecule has 4 heteroatoms. The van der Waals surface area contributed by atoms with Crippen LogP contribution in [-0.2, 0) is 14.3 Å². The van der Waals surface area contributed by atoms with E-state index in [4.69, 9.17) is 9.84 Å². The zero-order valence-electron chi connectivity index (χ0n) is 8.32. The molecule has 0 aromatic rings. The first kappa shape index (κ1) is 9.49. The van der Waals surface area contributed by atoms with Gasteiger partial charge >= 0.3 is 11.9 Å². The number of hydrogen-bond acceptors (Lipinski definition) is 3. The van der Waals surface area contributed by atoms with E-state index < -0.39 is 23.4 Å². The van der Waals surface area contributed by atoms with Crippen molar-refractivity contribution in [3.8, 4) is 0 Å². The Hall–Kier alpha value is -1.06. The molecular formula is C10H14O4. The molecule has 2 rings (SSSR count). The van der Waals surface area contributed by atoms with E-state index in [2.05, 4.69) is 0 Å². The largest absolute Gasteiger partial charge is 0.481 e. The molecule has 2 bridgehead atoms. The summed E-state index contributed by atoms with van der Waals surface area (Å²) in [5, 5.41) is 9.02. The third-order valence-electron chi connectivity index (χ3n) is 3.39. The van der Waals surface area contributed by atoms with Crippen LogP contribution in [0.15, 0.2) is 0 Å². The van der Waals surface area contributed by atoms with E-state index in [1.165, 1.54) is 0 Å². The van der Waals surface area contributed by atoms with Crippen LogP contribution in [0.1, 0.15) is 26.7 Å². The standard InChI is InChI=1S/C10H14O4/c1-5-3-10(2)4-6(9(13)14-10)7(5)8(11)12/h5-7H,3-4H2,1-2H3,(H,11,12)/t5-,6-,7+,10-/m1/s1. The Morgan fingerprint density at radius 2 is 2.21 bits per heavy atom. The van der Waals surface area contributed by atoms with E-state index in [9.17, 15) is 9.59 Å². The van der Waals surface area contributed by atoms with E-state index in [0.717, 1.165) is 0 Å². The number of carbonyl (C=O) groups excluding carboxylic acids is 1. The third-order valence-corrected chi connectivity index (χ3v) is 3.39. The van der Waals surface area contributed by atoms with Gasteiger partial charge in [0.1, 0.15) is 5.60 Å². The molecule has 1 aliphatic heterocycles. The van der Waals surface area contributed by atoms with Crippen molar-refractivity contribution in [2.45, 2.75) is 32.3 Å². The van der Waals surface area contributed by atoms with Gasteiger partial charge < -0.3 is 9.84 Å². The van der Waals surface area contributed by atoms with Crippen LogP contribution in [0.2, 0.25) is 0 Å². The van der Waals surface area contributed by atoms with Gasteiger partial charge in [0.05, 0.1) is 11.8 Å². The van der Waals surface area contributed by atoms with Gasteiger partial charge in [-0.2, -0.15) is 0 Å². The van der Waals surface area contributed by atoms with E-state index in [1.54, 1.807) is 0 Å². The third kappa shape index (κ3) is 1.21. The van der Waals surface area contributed by atoms with Crippen LogP contribution in [0.25, 0.3) is 0 Å². The highest BCUT2D eigenvalue weighted by Crippen LogP contribution is 2.48. The topological polar surface area (TPSA) is 63.6 Å². The fraction of sp³-hybridized carbons (Fsp3) is 0.800. The number of esters is 1. The number of carboxylic acid groups (broad SMARTS) is 1. The molecule has 2 fully saturated rings. The van der Waals surface area contributed by atoms with Crippen LogP contribution in [0.3, 0.4) is 0 Å². The number of carbonyl (C=O) groups is 2. The fourth-order valence-electron chi connectivity index (χ4n) is 2.93. The highest BCUT2D eigenvalue weighted by atomic mass is 16.6. The molecule has 2 aliphatic rings. The van der Waals surface area contributed by atoms with Crippen molar-refractivity contribution >= 4 is 11.9 Å². The maximum absolute atomic E-state index is 11.4. The quantitative estimate of drug-likeness (QED) is 0.639. The molecule has 4 nitrogen and oxygen atoms in total. The lowest BCUT2D eigenvalue weighted by Crippen LogP contribution is -2.39. The minimum absolute atomic E-state index is 0.0164. The number of ether oxygens (including phenoxy) is 1. The second-order valence-corrected chi connectivity index (χ2v) is 4.73. The number of fused-ring (bicyclic) bond motifs is 2. The molecule has 1 heterocycles. The second kappa shape index (κ2) is 2.72. The minimum atomic E-state index is -0.872. The summed E-state index contributed by atoms with van der Waals surface area (Å²) in [5.74, 6) is -2.17.